The number of nitrogens with zero attached hydrogens (tertiary/aromatic N) is 3. The number of pyridine rings is 2. The molecule has 0 amide bonds. The zero-order valence-electron chi connectivity index (χ0n) is 12.6. The molecule has 0 aromatic carbocycles. The van der Waals surface area contributed by atoms with Gasteiger partial charge in [0.25, 0.3) is 0 Å². The van der Waals surface area contributed by atoms with Gasteiger partial charge in [-0.05, 0) is 42.3 Å². The molecule has 0 aliphatic rings. The van der Waals surface area contributed by atoms with E-state index in [-0.39, 0.29) is 19.6 Å². The summed E-state index contributed by atoms with van der Waals surface area (Å²) in [5.74, 6) is -2.14. The topological polar surface area (TPSA) is 104 Å². The predicted molar refractivity (Wildman–Crippen MR) is 82.8 cm³/mol. The predicted octanol–water partition coefficient (Wildman–Crippen LogP) is 1.42. The first-order valence-electron chi connectivity index (χ1n) is 6.98. The Morgan fingerprint density at radius 2 is 1.57 bits per heavy atom. The van der Waals surface area contributed by atoms with Crippen molar-refractivity contribution in [2.75, 3.05) is 13.1 Å². The second-order valence-corrected chi connectivity index (χ2v) is 5.20. The summed E-state index contributed by atoms with van der Waals surface area (Å²) in [6.07, 6.45) is 3.30. The van der Waals surface area contributed by atoms with Gasteiger partial charge in [0.2, 0.25) is 0 Å². The molecule has 0 aliphatic carbocycles. The summed E-state index contributed by atoms with van der Waals surface area (Å²) < 4.78 is 0. The Morgan fingerprint density at radius 1 is 1.00 bits per heavy atom. The molecule has 2 aromatic rings. The van der Waals surface area contributed by atoms with Gasteiger partial charge in [-0.25, -0.2) is 0 Å². The van der Waals surface area contributed by atoms with Crippen molar-refractivity contribution in [1.82, 2.24) is 14.9 Å². The lowest BCUT2D eigenvalue weighted by Gasteiger charge is -2.18. The highest BCUT2D eigenvalue weighted by Gasteiger charge is 2.14. The highest BCUT2D eigenvalue weighted by molar-refractivity contribution is 5.72. The lowest BCUT2D eigenvalue weighted by atomic mass is 10.1. The van der Waals surface area contributed by atoms with Crippen LogP contribution in [0.25, 0.3) is 11.4 Å². The molecule has 0 saturated carbocycles. The van der Waals surface area contributed by atoms with E-state index in [0.717, 1.165) is 16.8 Å². The average Bonchev–Trinajstić information content (AvgIpc) is 2.46. The van der Waals surface area contributed by atoms with Crippen LogP contribution in [0.1, 0.15) is 11.1 Å². The van der Waals surface area contributed by atoms with Crippen molar-refractivity contribution in [2.24, 2.45) is 0 Å². The van der Waals surface area contributed by atoms with E-state index in [1.807, 2.05) is 19.1 Å². The van der Waals surface area contributed by atoms with Crippen LogP contribution in [0.4, 0.5) is 0 Å². The molecule has 0 spiro atoms. The maximum atomic E-state index is 10.9. The van der Waals surface area contributed by atoms with Crippen molar-refractivity contribution < 1.29 is 19.8 Å². The number of carboxylic acids is 2. The number of rotatable bonds is 7. The third-order valence-corrected chi connectivity index (χ3v) is 3.13. The summed E-state index contributed by atoms with van der Waals surface area (Å²) in [4.78, 5) is 31.6. The number of carboxylic acid groups (broad SMARTS) is 2. The summed E-state index contributed by atoms with van der Waals surface area (Å²) in [5.41, 5.74) is 3.22. The fraction of sp³-hybridized carbons (Fsp3) is 0.250. The lowest BCUT2D eigenvalue weighted by Crippen LogP contribution is -2.33. The highest BCUT2D eigenvalue weighted by Crippen LogP contribution is 2.17. The fourth-order valence-electron chi connectivity index (χ4n) is 2.20. The first-order chi connectivity index (χ1) is 10.9. The summed E-state index contributed by atoms with van der Waals surface area (Å²) >= 11 is 0. The molecule has 7 heteroatoms. The maximum absolute atomic E-state index is 10.9. The first kappa shape index (κ1) is 16.6. The van der Waals surface area contributed by atoms with Crippen LogP contribution in [0.2, 0.25) is 0 Å². The van der Waals surface area contributed by atoms with Gasteiger partial charge in [0, 0.05) is 18.9 Å². The lowest BCUT2D eigenvalue weighted by molar-refractivity contribution is -0.142. The number of hydrogen-bond donors (Lipinski definition) is 2. The van der Waals surface area contributed by atoms with Crippen molar-refractivity contribution >= 4 is 11.9 Å². The fourth-order valence-corrected chi connectivity index (χ4v) is 2.20. The molecule has 0 radical (unpaired) electrons. The van der Waals surface area contributed by atoms with Gasteiger partial charge >= 0.3 is 11.9 Å². The van der Waals surface area contributed by atoms with E-state index < -0.39 is 11.9 Å². The van der Waals surface area contributed by atoms with Crippen LogP contribution in [0.3, 0.4) is 0 Å². The quantitative estimate of drug-likeness (QED) is 0.796. The molecule has 2 N–H and O–H groups in total. The van der Waals surface area contributed by atoms with Gasteiger partial charge in [0.15, 0.2) is 0 Å². The SMILES string of the molecule is Cc1ccnc(-c2cc(CN(CC(=O)O)CC(=O)O)ccn2)c1. The molecule has 2 heterocycles. The number of hydrogen-bond acceptors (Lipinski definition) is 5. The number of aliphatic carboxylic acids is 2. The second-order valence-electron chi connectivity index (χ2n) is 5.20. The molecular formula is C16H17N3O4. The number of aromatic nitrogens is 2. The Labute approximate surface area is 133 Å². The molecule has 2 rings (SSSR count). The highest BCUT2D eigenvalue weighted by atomic mass is 16.4. The zero-order chi connectivity index (χ0) is 16.8. The number of carbonyl (C=O) groups is 2. The Kier molecular flexibility index (Phi) is 5.37. The van der Waals surface area contributed by atoms with Gasteiger partial charge in [-0.3, -0.25) is 24.5 Å². The van der Waals surface area contributed by atoms with E-state index in [0.29, 0.717) is 5.69 Å². The van der Waals surface area contributed by atoms with Crippen LogP contribution in [-0.4, -0.2) is 50.1 Å². The number of aryl methyl sites for hydroxylation is 1. The summed E-state index contributed by atoms with van der Waals surface area (Å²) in [5, 5.41) is 17.8. The van der Waals surface area contributed by atoms with Crippen LogP contribution in [0.5, 0.6) is 0 Å². The van der Waals surface area contributed by atoms with E-state index in [1.54, 1.807) is 24.5 Å². The molecule has 0 bridgehead atoms. The molecule has 0 atom stereocenters. The molecule has 0 aliphatic heterocycles. The Morgan fingerprint density at radius 3 is 2.13 bits per heavy atom. The average molecular weight is 315 g/mol. The first-order valence-corrected chi connectivity index (χ1v) is 6.98. The van der Waals surface area contributed by atoms with E-state index in [2.05, 4.69) is 9.97 Å². The van der Waals surface area contributed by atoms with Gasteiger partial charge in [-0.2, -0.15) is 0 Å². The molecule has 23 heavy (non-hydrogen) atoms. The van der Waals surface area contributed by atoms with Crippen LogP contribution < -0.4 is 0 Å². The van der Waals surface area contributed by atoms with Crippen molar-refractivity contribution in [1.29, 1.82) is 0 Å². The van der Waals surface area contributed by atoms with Crippen LogP contribution in [0.15, 0.2) is 36.7 Å². The molecule has 2 aromatic heterocycles. The molecule has 0 fully saturated rings. The smallest absolute Gasteiger partial charge is 0.317 e. The largest absolute Gasteiger partial charge is 0.480 e. The monoisotopic (exact) mass is 315 g/mol. The van der Waals surface area contributed by atoms with Gasteiger partial charge in [0.05, 0.1) is 24.5 Å². The second kappa shape index (κ2) is 7.46. The molecular weight excluding hydrogens is 298 g/mol. The minimum absolute atomic E-state index is 0.208. The van der Waals surface area contributed by atoms with Gasteiger partial charge in [-0.15, -0.1) is 0 Å². The van der Waals surface area contributed by atoms with Crippen LogP contribution >= 0.6 is 0 Å². The van der Waals surface area contributed by atoms with Crippen LogP contribution in [0, 0.1) is 6.92 Å². The van der Waals surface area contributed by atoms with Crippen molar-refractivity contribution in [2.45, 2.75) is 13.5 Å². The molecule has 0 unspecified atom stereocenters. The molecule has 7 nitrogen and oxygen atoms in total. The van der Waals surface area contributed by atoms with Crippen molar-refractivity contribution in [3.63, 3.8) is 0 Å². The third-order valence-electron chi connectivity index (χ3n) is 3.13. The standard InChI is InChI=1S/C16H17N3O4/c1-11-2-4-17-13(6-11)14-7-12(3-5-18-14)8-19(9-15(20)21)10-16(22)23/h2-7H,8-10H2,1H3,(H,20,21)(H,22,23). The van der Waals surface area contributed by atoms with Crippen molar-refractivity contribution in [3.8, 4) is 11.4 Å². The van der Waals surface area contributed by atoms with E-state index in [4.69, 9.17) is 10.2 Å². The van der Waals surface area contributed by atoms with Crippen molar-refractivity contribution in [3.05, 3.63) is 47.8 Å². The molecule has 120 valence electrons. The summed E-state index contributed by atoms with van der Waals surface area (Å²) in [6, 6.07) is 7.31. The van der Waals surface area contributed by atoms with Gasteiger partial charge in [0.1, 0.15) is 0 Å². The van der Waals surface area contributed by atoms with E-state index in [9.17, 15) is 9.59 Å². The maximum Gasteiger partial charge on any atom is 0.317 e. The normalized spacial score (nSPS) is 10.7. The van der Waals surface area contributed by atoms with Crippen LogP contribution in [-0.2, 0) is 16.1 Å². The summed E-state index contributed by atoms with van der Waals surface area (Å²) in [6.45, 7) is 1.48. The van der Waals surface area contributed by atoms with E-state index >= 15 is 0 Å². The Balaban J connectivity index is 2.20. The van der Waals surface area contributed by atoms with E-state index in [1.165, 1.54) is 4.90 Å². The molecule has 0 saturated heterocycles. The summed E-state index contributed by atoms with van der Waals surface area (Å²) in [7, 11) is 0. The van der Waals surface area contributed by atoms with Gasteiger partial charge in [-0.1, -0.05) is 0 Å². The minimum Gasteiger partial charge on any atom is -0.480 e. The Hall–Kier alpha value is -2.80. The minimum atomic E-state index is -1.07. The third kappa shape index (κ3) is 5.15. The zero-order valence-corrected chi connectivity index (χ0v) is 12.6. The Bertz CT molecular complexity index is 702. The van der Waals surface area contributed by atoms with Gasteiger partial charge < -0.3 is 10.2 Å².